The zero-order chi connectivity index (χ0) is 11.7. The van der Waals surface area contributed by atoms with Gasteiger partial charge in [0, 0.05) is 18.8 Å². The van der Waals surface area contributed by atoms with E-state index in [1.54, 1.807) is 0 Å². The van der Waals surface area contributed by atoms with Crippen LogP contribution in [0.25, 0.3) is 0 Å². The first-order chi connectivity index (χ1) is 7.61. The number of hydrogen-bond donors (Lipinski definition) is 1. The molecule has 0 saturated heterocycles. The lowest BCUT2D eigenvalue weighted by Crippen LogP contribution is -2.35. The molecule has 1 unspecified atom stereocenters. The Kier molecular flexibility index (Phi) is 2.83. The number of esters is 1. The molecule has 1 atom stereocenters. The summed E-state index contributed by atoms with van der Waals surface area (Å²) in [7, 11) is 1.42. The summed E-state index contributed by atoms with van der Waals surface area (Å²) in [6.07, 6.45) is 0. The van der Waals surface area contributed by atoms with Crippen LogP contribution in [0.4, 0.5) is 5.69 Å². The van der Waals surface area contributed by atoms with Gasteiger partial charge in [-0.3, -0.25) is 9.69 Å². The SMILES string of the molecule is COC(=O)C(C)N1Cc2ccc(N)cc2C1. The first-order valence-corrected chi connectivity index (χ1v) is 5.31. The Morgan fingerprint density at radius 1 is 1.44 bits per heavy atom. The quantitative estimate of drug-likeness (QED) is 0.600. The molecular formula is C12H16N2O2. The summed E-state index contributed by atoms with van der Waals surface area (Å²) >= 11 is 0. The Morgan fingerprint density at radius 3 is 2.81 bits per heavy atom. The van der Waals surface area contributed by atoms with E-state index in [4.69, 9.17) is 10.5 Å². The highest BCUT2D eigenvalue weighted by Crippen LogP contribution is 2.26. The highest BCUT2D eigenvalue weighted by molar-refractivity contribution is 5.75. The number of hydrogen-bond acceptors (Lipinski definition) is 4. The van der Waals surface area contributed by atoms with Crippen LogP contribution in [0, 0.1) is 0 Å². The molecule has 16 heavy (non-hydrogen) atoms. The normalized spacial score (nSPS) is 16.9. The van der Waals surface area contributed by atoms with Crippen LogP contribution >= 0.6 is 0 Å². The lowest BCUT2D eigenvalue weighted by atomic mass is 10.1. The Morgan fingerprint density at radius 2 is 2.12 bits per heavy atom. The van der Waals surface area contributed by atoms with Gasteiger partial charge in [-0.25, -0.2) is 0 Å². The minimum atomic E-state index is -0.210. The van der Waals surface area contributed by atoms with Crippen molar-refractivity contribution in [2.24, 2.45) is 0 Å². The lowest BCUT2D eigenvalue weighted by molar-refractivity contribution is -0.146. The van der Waals surface area contributed by atoms with Crippen LogP contribution < -0.4 is 5.73 Å². The summed E-state index contributed by atoms with van der Waals surface area (Å²) in [5.74, 6) is -0.194. The molecule has 0 aromatic heterocycles. The zero-order valence-electron chi connectivity index (χ0n) is 9.56. The van der Waals surface area contributed by atoms with Gasteiger partial charge in [-0.15, -0.1) is 0 Å². The van der Waals surface area contributed by atoms with Crippen LogP contribution in [-0.4, -0.2) is 24.0 Å². The van der Waals surface area contributed by atoms with Crippen LogP contribution in [0.2, 0.25) is 0 Å². The molecule has 1 aromatic carbocycles. The fourth-order valence-electron chi connectivity index (χ4n) is 2.03. The monoisotopic (exact) mass is 220 g/mol. The third-order valence-electron chi connectivity index (χ3n) is 3.07. The molecule has 1 aliphatic rings. The largest absolute Gasteiger partial charge is 0.468 e. The van der Waals surface area contributed by atoms with E-state index in [1.807, 2.05) is 25.1 Å². The number of nitrogens with two attached hydrogens (primary N) is 1. The molecule has 4 heteroatoms. The number of carbonyl (C=O) groups is 1. The maximum Gasteiger partial charge on any atom is 0.322 e. The van der Waals surface area contributed by atoms with E-state index in [1.165, 1.54) is 18.2 Å². The average Bonchev–Trinajstić information content (AvgIpc) is 2.69. The van der Waals surface area contributed by atoms with Gasteiger partial charge in [-0.2, -0.15) is 0 Å². The van der Waals surface area contributed by atoms with Gasteiger partial charge in [-0.05, 0) is 30.2 Å². The topological polar surface area (TPSA) is 55.6 Å². The highest BCUT2D eigenvalue weighted by atomic mass is 16.5. The number of ether oxygens (including phenoxy) is 1. The fraction of sp³-hybridized carbons (Fsp3) is 0.417. The van der Waals surface area contributed by atoms with Gasteiger partial charge in [-0.1, -0.05) is 6.07 Å². The second-order valence-corrected chi connectivity index (χ2v) is 4.13. The standard InChI is InChI=1S/C12H16N2O2/c1-8(12(15)16-2)14-6-9-3-4-11(13)5-10(9)7-14/h3-5,8H,6-7,13H2,1-2H3. The van der Waals surface area contributed by atoms with Gasteiger partial charge < -0.3 is 10.5 Å². The molecule has 0 bridgehead atoms. The van der Waals surface area contributed by atoms with E-state index in [-0.39, 0.29) is 12.0 Å². The highest BCUT2D eigenvalue weighted by Gasteiger charge is 2.27. The Hall–Kier alpha value is -1.55. The van der Waals surface area contributed by atoms with Crippen LogP contribution in [0.5, 0.6) is 0 Å². The van der Waals surface area contributed by atoms with Crippen molar-refractivity contribution in [3.8, 4) is 0 Å². The fourth-order valence-corrected chi connectivity index (χ4v) is 2.03. The number of anilines is 1. The average molecular weight is 220 g/mol. The van der Waals surface area contributed by atoms with E-state index in [0.717, 1.165) is 18.8 Å². The number of carbonyl (C=O) groups excluding carboxylic acids is 1. The molecule has 0 radical (unpaired) electrons. The molecular weight excluding hydrogens is 204 g/mol. The molecule has 2 rings (SSSR count). The number of nitrogens with zero attached hydrogens (tertiary/aromatic N) is 1. The molecule has 0 spiro atoms. The lowest BCUT2D eigenvalue weighted by Gasteiger charge is -2.20. The van der Waals surface area contributed by atoms with Crippen molar-refractivity contribution in [2.45, 2.75) is 26.1 Å². The molecule has 1 aliphatic heterocycles. The smallest absolute Gasteiger partial charge is 0.322 e. The number of benzene rings is 1. The van der Waals surface area contributed by atoms with Crippen LogP contribution in [0.1, 0.15) is 18.1 Å². The number of methoxy groups -OCH3 is 1. The minimum Gasteiger partial charge on any atom is -0.468 e. The van der Waals surface area contributed by atoms with Crippen molar-refractivity contribution in [3.63, 3.8) is 0 Å². The summed E-state index contributed by atoms with van der Waals surface area (Å²) in [6, 6.07) is 5.68. The minimum absolute atomic E-state index is 0.194. The molecule has 4 nitrogen and oxygen atoms in total. The predicted octanol–water partition coefficient (Wildman–Crippen LogP) is 1.15. The van der Waals surface area contributed by atoms with E-state index < -0.39 is 0 Å². The van der Waals surface area contributed by atoms with Gasteiger partial charge >= 0.3 is 5.97 Å². The molecule has 1 heterocycles. The third-order valence-corrected chi connectivity index (χ3v) is 3.07. The van der Waals surface area contributed by atoms with E-state index in [9.17, 15) is 4.79 Å². The predicted molar refractivity (Wildman–Crippen MR) is 61.6 cm³/mol. The van der Waals surface area contributed by atoms with Crippen molar-refractivity contribution in [1.29, 1.82) is 0 Å². The third kappa shape index (κ3) is 1.88. The van der Waals surface area contributed by atoms with Crippen LogP contribution in [-0.2, 0) is 22.6 Å². The second kappa shape index (κ2) is 4.14. The maximum atomic E-state index is 11.4. The molecule has 86 valence electrons. The molecule has 0 aliphatic carbocycles. The van der Waals surface area contributed by atoms with Gasteiger partial charge in [0.15, 0.2) is 0 Å². The summed E-state index contributed by atoms with van der Waals surface area (Å²) in [6.45, 7) is 3.41. The van der Waals surface area contributed by atoms with Crippen molar-refractivity contribution in [1.82, 2.24) is 4.90 Å². The van der Waals surface area contributed by atoms with Gasteiger partial charge in [0.25, 0.3) is 0 Å². The molecule has 2 N–H and O–H groups in total. The Labute approximate surface area is 95.0 Å². The van der Waals surface area contributed by atoms with Crippen LogP contribution in [0.15, 0.2) is 18.2 Å². The van der Waals surface area contributed by atoms with Gasteiger partial charge in [0.2, 0.25) is 0 Å². The Bertz CT molecular complexity index is 417. The van der Waals surface area contributed by atoms with Crippen molar-refractivity contribution >= 4 is 11.7 Å². The van der Waals surface area contributed by atoms with Gasteiger partial charge in [0.1, 0.15) is 6.04 Å². The molecule has 0 fully saturated rings. The summed E-state index contributed by atoms with van der Waals surface area (Å²) in [5, 5.41) is 0. The number of nitrogen functional groups attached to an aromatic ring is 1. The molecule has 1 aromatic rings. The van der Waals surface area contributed by atoms with E-state index in [2.05, 4.69) is 4.90 Å². The first kappa shape index (κ1) is 11.0. The summed E-state index contributed by atoms with van der Waals surface area (Å²) < 4.78 is 4.74. The van der Waals surface area contributed by atoms with Crippen LogP contribution in [0.3, 0.4) is 0 Å². The van der Waals surface area contributed by atoms with Crippen molar-refractivity contribution in [2.75, 3.05) is 12.8 Å². The number of rotatable bonds is 2. The van der Waals surface area contributed by atoms with Crippen molar-refractivity contribution < 1.29 is 9.53 Å². The van der Waals surface area contributed by atoms with E-state index >= 15 is 0 Å². The molecule has 0 amide bonds. The maximum absolute atomic E-state index is 11.4. The first-order valence-electron chi connectivity index (χ1n) is 5.31. The Balaban J connectivity index is 2.13. The summed E-state index contributed by atoms with van der Waals surface area (Å²) in [4.78, 5) is 13.5. The summed E-state index contributed by atoms with van der Waals surface area (Å²) in [5.41, 5.74) is 8.94. The zero-order valence-corrected chi connectivity index (χ0v) is 9.56. The number of fused-ring (bicyclic) bond motifs is 1. The second-order valence-electron chi connectivity index (χ2n) is 4.13. The van der Waals surface area contributed by atoms with Gasteiger partial charge in [0.05, 0.1) is 7.11 Å². The van der Waals surface area contributed by atoms with Crippen molar-refractivity contribution in [3.05, 3.63) is 29.3 Å². The van der Waals surface area contributed by atoms with E-state index in [0.29, 0.717) is 0 Å². The molecule has 0 saturated carbocycles.